The van der Waals surface area contributed by atoms with Crippen LogP contribution in [-0.4, -0.2) is 35.8 Å². The molecule has 3 aromatic carbocycles. The molecular formula is C24H21NO4S. The van der Waals surface area contributed by atoms with E-state index in [2.05, 4.69) is 0 Å². The van der Waals surface area contributed by atoms with Gasteiger partial charge in [-0.25, -0.2) is 0 Å². The third-order valence-corrected chi connectivity index (χ3v) is 5.61. The van der Waals surface area contributed by atoms with E-state index in [1.165, 1.54) is 4.90 Å². The number of amides is 2. The summed E-state index contributed by atoms with van der Waals surface area (Å²) in [6.07, 6.45) is 1.76. The van der Waals surface area contributed by atoms with Gasteiger partial charge in [0.15, 0.2) is 0 Å². The normalized spacial score (nSPS) is 15.2. The number of fused-ring (bicyclic) bond motifs is 1. The number of hydrogen-bond donors (Lipinski definition) is 0. The fourth-order valence-electron chi connectivity index (χ4n) is 3.30. The lowest BCUT2D eigenvalue weighted by atomic mass is 10.0. The number of benzene rings is 3. The zero-order valence-electron chi connectivity index (χ0n) is 16.5. The van der Waals surface area contributed by atoms with Crippen LogP contribution in [0.2, 0.25) is 0 Å². The topological polar surface area (TPSA) is 55.8 Å². The highest BCUT2D eigenvalue weighted by atomic mass is 32.2. The summed E-state index contributed by atoms with van der Waals surface area (Å²) >= 11 is 0.946. The number of nitrogens with zero attached hydrogens (tertiary/aromatic N) is 1. The van der Waals surface area contributed by atoms with E-state index in [-0.39, 0.29) is 24.3 Å². The minimum Gasteiger partial charge on any atom is -0.493 e. The average Bonchev–Trinajstić information content (AvgIpc) is 3.03. The summed E-state index contributed by atoms with van der Waals surface area (Å²) in [6, 6.07) is 21.1. The van der Waals surface area contributed by atoms with Crippen molar-refractivity contribution in [3.05, 3.63) is 77.2 Å². The number of rotatable bonds is 7. The molecule has 152 valence electrons. The number of hydrogen-bond acceptors (Lipinski definition) is 5. The van der Waals surface area contributed by atoms with Gasteiger partial charge >= 0.3 is 0 Å². The maximum Gasteiger partial charge on any atom is 0.293 e. The number of imide groups is 1. The summed E-state index contributed by atoms with van der Waals surface area (Å²) in [4.78, 5) is 26.9. The van der Waals surface area contributed by atoms with Crippen molar-refractivity contribution in [3.8, 4) is 11.5 Å². The zero-order chi connectivity index (χ0) is 20.9. The SMILES string of the molecule is CCOc1ccc2ccccc2c1/C=C1\SC(=O)N(CCOc2ccccc2)C1=O. The molecule has 0 radical (unpaired) electrons. The van der Waals surface area contributed by atoms with Gasteiger partial charge in [0, 0.05) is 5.56 Å². The third-order valence-electron chi connectivity index (χ3n) is 4.71. The third kappa shape index (κ3) is 4.19. The van der Waals surface area contributed by atoms with Crippen molar-refractivity contribution in [2.45, 2.75) is 6.92 Å². The Morgan fingerprint density at radius 3 is 2.50 bits per heavy atom. The molecule has 0 bridgehead atoms. The number of carbonyl (C=O) groups excluding carboxylic acids is 2. The molecule has 0 aromatic heterocycles. The van der Waals surface area contributed by atoms with Gasteiger partial charge in [-0.3, -0.25) is 14.5 Å². The van der Waals surface area contributed by atoms with E-state index in [1.807, 2.05) is 73.7 Å². The van der Waals surface area contributed by atoms with Crippen LogP contribution in [0.25, 0.3) is 16.8 Å². The van der Waals surface area contributed by atoms with Gasteiger partial charge in [0.05, 0.1) is 18.1 Å². The van der Waals surface area contributed by atoms with E-state index < -0.39 is 0 Å². The van der Waals surface area contributed by atoms with Crippen LogP contribution in [0, 0.1) is 0 Å². The molecule has 3 aromatic rings. The van der Waals surface area contributed by atoms with Gasteiger partial charge < -0.3 is 9.47 Å². The minimum absolute atomic E-state index is 0.199. The zero-order valence-corrected chi connectivity index (χ0v) is 17.4. The van der Waals surface area contributed by atoms with E-state index in [0.717, 1.165) is 28.1 Å². The molecule has 30 heavy (non-hydrogen) atoms. The quantitative estimate of drug-likeness (QED) is 0.483. The van der Waals surface area contributed by atoms with Crippen molar-refractivity contribution >= 4 is 39.8 Å². The molecule has 5 nitrogen and oxygen atoms in total. The lowest BCUT2D eigenvalue weighted by Gasteiger charge is -2.13. The molecule has 4 rings (SSSR count). The van der Waals surface area contributed by atoms with E-state index in [1.54, 1.807) is 6.08 Å². The molecule has 6 heteroatoms. The Morgan fingerprint density at radius 1 is 0.933 bits per heavy atom. The lowest BCUT2D eigenvalue weighted by Crippen LogP contribution is -2.32. The summed E-state index contributed by atoms with van der Waals surface area (Å²) in [5.41, 5.74) is 0.806. The number of ether oxygens (including phenoxy) is 2. The Morgan fingerprint density at radius 2 is 1.70 bits per heavy atom. The van der Waals surface area contributed by atoms with Crippen LogP contribution in [0.15, 0.2) is 71.6 Å². The van der Waals surface area contributed by atoms with Crippen molar-refractivity contribution in [3.63, 3.8) is 0 Å². The van der Waals surface area contributed by atoms with Crippen LogP contribution in [0.4, 0.5) is 4.79 Å². The molecule has 1 aliphatic rings. The second kappa shape index (κ2) is 9.05. The van der Waals surface area contributed by atoms with Crippen LogP contribution in [0.1, 0.15) is 12.5 Å². The van der Waals surface area contributed by atoms with Crippen molar-refractivity contribution < 1.29 is 19.1 Å². The second-order valence-electron chi connectivity index (χ2n) is 6.63. The fourth-order valence-corrected chi connectivity index (χ4v) is 4.15. The second-order valence-corrected chi connectivity index (χ2v) is 7.62. The number of carbonyl (C=O) groups is 2. The van der Waals surface area contributed by atoms with Crippen LogP contribution >= 0.6 is 11.8 Å². The summed E-state index contributed by atoms with van der Waals surface area (Å²) < 4.78 is 11.4. The van der Waals surface area contributed by atoms with Crippen LogP contribution in [0.5, 0.6) is 11.5 Å². The van der Waals surface area contributed by atoms with Gasteiger partial charge in [-0.2, -0.15) is 0 Å². The number of para-hydroxylation sites is 1. The smallest absolute Gasteiger partial charge is 0.293 e. The van der Waals surface area contributed by atoms with E-state index in [0.29, 0.717) is 23.0 Å². The Kier molecular flexibility index (Phi) is 6.05. The molecule has 0 spiro atoms. The van der Waals surface area contributed by atoms with E-state index >= 15 is 0 Å². The Bertz CT molecular complexity index is 1110. The van der Waals surface area contributed by atoms with Gasteiger partial charge in [0.2, 0.25) is 0 Å². The molecular weight excluding hydrogens is 398 g/mol. The largest absolute Gasteiger partial charge is 0.493 e. The van der Waals surface area contributed by atoms with Crippen molar-refractivity contribution in [1.82, 2.24) is 4.90 Å². The molecule has 0 aliphatic carbocycles. The van der Waals surface area contributed by atoms with Crippen LogP contribution < -0.4 is 9.47 Å². The monoisotopic (exact) mass is 419 g/mol. The summed E-state index contributed by atoms with van der Waals surface area (Å²) in [5, 5.41) is 1.73. The predicted octanol–water partition coefficient (Wildman–Crippen LogP) is 5.35. The summed E-state index contributed by atoms with van der Waals surface area (Å²) in [7, 11) is 0. The Balaban J connectivity index is 1.57. The Labute approximate surface area is 179 Å². The maximum absolute atomic E-state index is 12.9. The molecule has 1 fully saturated rings. The lowest BCUT2D eigenvalue weighted by molar-refractivity contribution is -0.123. The first-order chi connectivity index (χ1) is 14.7. The van der Waals surface area contributed by atoms with Gasteiger partial charge in [0.25, 0.3) is 11.1 Å². The molecule has 1 heterocycles. The molecule has 0 unspecified atom stereocenters. The molecule has 0 saturated carbocycles. The fraction of sp³-hybridized carbons (Fsp3) is 0.167. The Hall–Kier alpha value is -3.25. The average molecular weight is 420 g/mol. The molecule has 0 atom stereocenters. The highest BCUT2D eigenvalue weighted by Gasteiger charge is 2.35. The van der Waals surface area contributed by atoms with Crippen LogP contribution in [-0.2, 0) is 4.79 Å². The standard InChI is InChI=1S/C24H21NO4S/c1-2-28-21-13-12-17-8-6-7-11-19(17)20(21)16-22-23(26)25(24(27)30-22)14-15-29-18-9-4-3-5-10-18/h3-13,16H,2,14-15H2,1H3/b22-16-. The van der Waals surface area contributed by atoms with Gasteiger partial charge in [-0.1, -0.05) is 48.5 Å². The maximum atomic E-state index is 12.9. The summed E-state index contributed by atoms with van der Waals surface area (Å²) in [5.74, 6) is 1.09. The predicted molar refractivity (Wildman–Crippen MR) is 120 cm³/mol. The molecule has 0 N–H and O–H groups in total. The molecule has 1 saturated heterocycles. The molecule has 2 amide bonds. The first-order valence-corrected chi connectivity index (χ1v) is 10.6. The minimum atomic E-state index is -0.308. The van der Waals surface area contributed by atoms with Crippen molar-refractivity contribution in [1.29, 1.82) is 0 Å². The first-order valence-electron chi connectivity index (χ1n) is 9.75. The highest BCUT2D eigenvalue weighted by molar-refractivity contribution is 8.18. The van der Waals surface area contributed by atoms with E-state index in [4.69, 9.17) is 9.47 Å². The summed E-state index contributed by atoms with van der Waals surface area (Å²) in [6.45, 7) is 2.87. The van der Waals surface area contributed by atoms with Crippen molar-refractivity contribution in [2.24, 2.45) is 0 Å². The molecule has 1 aliphatic heterocycles. The first kappa shape index (κ1) is 20.0. The van der Waals surface area contributed by atoms with Gasteiger partial charge in [-0.15, -0.1) is 0 Å². The van der Waals surface area contributed by atoms with Crippen molar-refractivity contribution in [2.75, 3.05) is 19.8 Å². The van der Waals surface area contributed by atoms with Gasteiger partial charge in [0.1, 0.15) is 18.1 Å². The number of thioether (sulfide) groups is 1. The van der Waals surface area contributed by atoms with E-state index in [9.17, 15) is 9.59 Å². The van der Waals surface area contributed by atoms with Crippen LogP contribution in [0.3, 0.4) is 0 Å². The van der Waals surface area contributed by atoms with Gasteiger partial charge in [-0.05, 0) is 53.7 Å². The highest BCUT2D eigenvalue weighted by Crippen LogP contribution is 2.36.